The summed E-state index contributed by atoms with van der Waals surface area (Å²) in [5.41, 5.74) is 10.8. The summed E-state index contributed by atoms with van der Waals surface area (Å²) in [5.74, 6) is 0. The van der Waals surface area contributed by atoms with E-state index in [4.69, 9.17) is 5.73 Å². The number of rotatable bonds is 3. The zero-order chi connectivity index (χ0) is 17.4. The van der Waals surface area contributed by atoms with Crippen molar-refractivity contribution in [1.29, 1.82) is 0 Å². The minimum atomic E-state index is 0.389. The quantitative estimate of drug-likeness (QED) is 0.933. The third kappa shape index (κ3) is 3.44. The largest absolute Gasteiger partial charge is 0.371 e. The van der Waals surface area contributed by atoms with Gasteiger partial charge in [0.05, 0.1) is 11.4 Å². The molecule has 1 atom stereocenters. The first-order chi connectivity index (χ1) is 12.1. The van der Waals surface area contributed by atoms with Gasteiger partial charge in [-0.05, 0) is 63.4 Å². The Balaban J connectivity index is 1.39. The van der Waals surface area contributed by atoms with Gasteiger partial charge in [-0.15, -0.1) is 0 Å². The molecule has 4 rings (SSSR count). The van der Waals surface area contributed by atoms with E-state index >= 15 is 0 Å². The highest BCUT2D eigenvalue weighted by Crippen LogP contribution is 2.25. The van der Waals surface area contributed by atoms with Crippen LogP contribution in [0.25, 0.3) is 5.69 Å². The fraction of sp³-hybridized carbons (Fsp3) is 0.550. The third-order valence-electron chi connectivity index (χ3n) is 5.71. The maximum Gasteiger partial charge on any atom is 0.0650 e. The van der Waals surface area contributed by atoms with Crippen LogP contribution in [0, 0.1) is 13.8 Å². The van der Waals surface area contributed by atoms with Gasteiger partial charge in [0.25, 0.3) is 0 Å². The minimum Gasteiger partial charge on any atom is -0.371 e. The summed E-state index contributed by atoms with van der Waals surface area (Å²) in [5, 5.41) is 4.57. The number of nitrogens with zero attached hydrogens (tertiary/aromatic N) is 4. The van der Waals surface area contributed by atoms with Crippen LogP contribution in [-0.2, 0) is 0 Å². The smallest absolute Gasteiger partial charge is 0.0650 e. The molecule has 0 spiro atoms. The van der Waals surface area contributed by atoms with E-state index in [0.717, 1.165) is 43.5 Å². The fourth-order valence-corrected chi connectivity index (χ4v) is 4.33. The van der Waals surface area contributed by atoms with E-state index in [9.17, 15) is 0 Å². The summed E-state index contributed by atoms with van der Waals surface area (Å²) in [7, 11) is 0. The van der Waals surface area contributed by atoms with Crippen molar-refractivity contribution in [3.05, 3.63) is 41.7 Å². The zero-order valence-electron chi connectivity index (χ0n) is 15.4. The first kappa shape index (κ1) is 16.6. The van der Waals surface area contributed by atoms with Gasteiger partial charge in [0.2, 0.25) is 0 Å². The van der Waals surface area contributed by atoms with Crippen molar-refractivity contribution in [2.45, 2.75) is 45.2 Å². The van der Waals surface area contributed by atoms with E-state index in [1.165, 1.54) is 30.8 Å². The number of likely N-dealkylation sites (tertiary alicyclic amines) is 1. The van der Waals surface area contributed by atoms with Gasteiger partial charge >= 0.3 is 0 Å². The summed E-state index contributed by atoms with van der Waals surface area (Å²) in [6, 6.07) is 12.1. The van der Waals surface area contributed by atoms with Crippen LogP contribution in [0.4, 0.5) is 5.69 Å². The lowest BCUT2D eigenvalue weighted by molar-refractivity contribution is 0.205. The summed E-state index contributed by atoms with van der Waals surface area (Å²) in [6.07, 6.45) is 3.64. The normalized spacial score (nSPS) is 22.7. The van der Waals surface area contributed by atoms with Crippen LogP contribution in [0.1, 0.15) is 30.7 Å². The summed E-state index contributed by atoms with van der Waals surface area (Å²) < 4.78 is 2.02. The SMILES string of the molecule is Cc1cc(C)n(-c2ccc(N3CCC(N4CC[C@@H](N)C4)CC3)cc2)n1. The molecule has 1 aromatic carbocycles. The number of hydrogen-bond donors (Lipinski definition) is 1. The van der Waals surface area contributed by atoms with Crippen LogP contribution in [-0.4, -0.2) is 52.9 Å². The number of nitrogens with two attached hydrogens (primary N) is 1. The molecule has 2 aliphatic rings. The molecule has 2 saturated heterocycles. The third-order valence-corrected chi connectivity index (χ3v) is 5.71. The molecule has 0 bridgehead atoms. The number of hydrogen-bond acceptors (Lipinski definition) is 4. The number of aromatic nitrogens is 2. The topological polar surface area (TPSA) is 50.3 Å². The molecular weight excluding hydrogens is 310 g/mol. The Kier molecular flexibility index (Phi) is 4.52. The van der Waals surface area contributed by atoms with Crippen molar-refractivity contribution in [1.82, 2.24) is 14.7 Å². The van der Waals surface area contributed by atoms with Crippen LogP contribution in [0.3, 0.4) is 0 Å². The van der Waals surface area contributed by atoms with Gasteiger partial charge in [-0.1, -0.05) is 0 Å². The van der Waals surface area contributed by atoms with Gasteiger partial charge in [0, 0.05) is 49.6 Å². The number of anilines is 1. The van der Waals surface area contributed by atoms with Crippen molar-refractivity contribution in [3.8, 4) is 5.69 Å². The van der Waals surface area contributed by atoms with Crippen LogP contribution >= 0.6 is 0 Å². The summed E-state index contributed by atoms with van der Waals surface area (Å²) in [4.78, 5) is 5.12. The Morgan fingerprint density at radius 3 is 2.20 bits per heavy atom. The molecule has 134 valence electrons. The lowest BCUT2D eigenvalue weighted by atomic mass is 10.0. The Labute approximate surface area is 150 Å². The van der Waals surface area contributed by atoms with E-state index < -0.39 is 0 Å². The highest BCUT2D eigenvalue weighted by atomic mass is 15.3. The molecule has 3 heterocycles. The number of benzene rings is 1. The van der Waals surface area contributed by atoms with E-state index in [-0.39, 0.29) is 0 Å². The van der Waals surface area contributed by atoms with Crippen molar-refractivity contribution >= 4 is 5.69 Å². The van der Waals surface area contributed by atoms with Crippen LogP contribution < -0.4 is 10.6 Å². The molecule has 25 heavy (non-hydrogen) atoms. The molecule has 2 N–H and O–H groups in total. The molecule has 2 aromatic rings. The monoisotopic (exact) mass is 339 g/mol. The first-order valence-electron chi connectivity index (χ1n) is 9.48. The van der Waals surface area contributed by atoms with E-state index in [1.54, 1.807) is 0 Å². The van der Waals surface area contributed by atoms with E-state index in [2.05, 4.69) is 52.2 Å². The molecular formula is C20H29N5. The molecule has 0 amide bonds. The molecule has 2 aliphatic heterocycles. The Hall–Kier alpha value is -1.85. The molecule has 0 saturated carbocycles. The summed E-state index contributed by atoms with van der Waals surface area (Å²) in [6.45, 7) is 8.68. The van der Waals surface area contributed by atoms with E-state index in [1.807, 2.05) is 11.6 Å². The molecule has 5 nitrogen and oxygen atoms in total. The number of aryl methyl sites for hydroxylation is 2. The lowest BCUT2D eigenvalue weighted by Gasteiger charge is -2.38. The minimum absolute atomic E-state index is 0.389. The van der Waals surface area contributed by atoms with Crippen molar-refractivity contribution in [2.75, 3.05) is 31.1 Å². The van der Waals surface area contributed by atoms with Crippen LogP contribution in [0.15, 0.2) is 30.3 Å². The molecule has 0 radical (unpaired) electrons. The Morgan fingerprint density at radius 2 is 1.64 bits per heavy atom. The van der Waals surface area contributed by atoms with Crippen LogP contribution in [0.5, 0.6) is 0 Å². The second-order valence-corrected chi connectivity index (χ2v) is 7.62. The van der Waals surface area contributed by atoms with Gasteiger partial charge < -0.3 is 10.6 Å². The summed E-state index contributed by atoms with van der Waals surface area (Å²) >= 11 is 0. The predicted octanol–water partition coefficient (Wildman–Crippen LogP) is 2.49. The maximum atomic E-state index is 6.07. The van der Waals surface area contributed by atoms with Crippen LogP contribution in [0.2, 0.25) is 0 Å². The van der Waals surface area contributed by atoms with Gasteiger partial charge in [-0.3, -0.25) is 4.90 Å². The van der Waals surface area contributed by atoms with E-state index in [0.29, 0.717) is 6.04 Å². The Morgan fingerprint density at radius 1 is 0.960 bits per heavy atom. The first-order valence-corrected chi connectivity index (χ1v) is 9.48. The highest BCUT2D eigenvalue weighted by Gasteiger charge is 2.29. The maximum absolute atomic E-state index is 6.07. The molecule has 1 aromatic heterocycles. The van der Waals surface area contributed by atoms with Gasteiger partial charge in [0.15, 0.2) is 0 Å². The Bertz CT molecular complexity index is 712. The number of piperidine rings is 1. The van der Waals surface area contributed by atoms with Gasteiger partial charge in [0.1, 0.15) is 0 Å². The fourth-order valence-electron chi connectivity index (χ4n) is 4.33. The second-order valence-electron chi connectivity index (χ2n) is 7.62. The predicted molar refractivity (Wildman–Crippen MR) is 102 cm³/mol. The second kappa shape index (κ2) is 6.81. The molecule has 0 unspecified atom stereocenters. The zero-order valence-corrected chi connectivity index (χ0v) is 15.4. The molecule has 5 heteroatoms. The van der Waals surface area contributed by atoms with Gasteiger partial charge in [-0.25, -0.2) is 4.68 Å². The van der Waals surface area contributed by atoms with Gasteiger partial charge in [-0.2, -0.15) is 5.10 Å². The molecule has 2 fully saturated rings. The average Bonchev–Trinajstić information content (AvgIpc) is 3.20. The highest BCUT2D eigenvalue weighted by molar-refractivity contribution is 5.51. The van der Waals surface area contributed by atoms with Crippen molar-refractivity contribution in [2.24, 2.45) is 5.73 Å². The average molecular weight is 339 g/mol. The molecule has 0 aliphatic carbocycles. The lowest BCUT2D eigenvalue weighted by Crippen LogP contribution is -2.44. The van der Waals surface area contributed by atoms with Crippen molar-refractivity contribution < 1.29 is 0 Å². The standard InChI is InChI=1S/C20H29N5/c1-15-13-16(2)25(22-15)20-5-3-18(4-6-20)23-11-8-19(9-12-23)24-10-7-17(21)14-24/h3-6,13,17,19H,7-12,14,21H2,1-2H3/t17-/m1/s1. The van der Waals surface area contributed by atoms with Crippen molar-refractivity contribution in [3.63, 3.8) is 0 Å².